The lowest BCUT2D eigenvalue weighted by molar-refractivity contribution is -0.385. The number of halogens is 3. The molecule has 0 bridgehead atoms. The Balaban J connectivity index is 1.76. The number of carboxylic acid groups (broad SMARTS) is 1. The maximum atomic E-state index is 13.4. The topological polar surface area (TPSA) is 156 Å². The standard InChI is InChI=1S/C23H24F3N7O5/c1-11(13-6-14(23(24,25)26)8-16(7-13)33(37)38)27-19-17-9-18(32-5-4-15(10-32)30-22(35)36)21(34)31(3)20(17)29-12(2)28-19/h6-9,11,15,30H,4-5,10H2,1-3H3,(H,35,36)(H,27,28,29)/t11-,15-/m1/s1. The van der Waals surface area contributed by atoms with Crippen molar-refractivity contribution in [2.24, 2.45) is 7.05 Å². The van der Waals surface area contributed by atoms with Crippen molar-refractivity contribution in [1.82, 2.24) is 19.9 Å². The van der Waals surface area contributed by atoms with E-state index in [1.54, 1.807) is 17.9 Å². The summed E-state index contributed by atoms with van der Waals surface area (Å²) in [6.45, 7) is 3.82. The molecule has 3 heterocycles. The molecule has 202 valence electrons. The molecule has 2 aromatic heterocycles. The van der Waals surface area contributed by atoms with Crippen LogP contribution < -0.4 is 21.1 Å². The Morgan fingerprint density at radius 2 is 1.97 bits per heavy atom. The molecule has 38 heavy (non-hydrogen) atoms. The molecule has 4 rings (SSSR count). The second-order valence-electron chi connectivity index (χ2n) is 9.07. The van der Waals surface area contributed by atoms with Crippen LogP contribution in [0.15, 0.2) is 29.1 Å². The smallest absolute Gasteiger partial charge is 0.416 e. The van der Waals surface area contributed by atoms with Crippen molar-refractivity contribution in [2.75, 3.05) is 23.3 Å². The Hall–Kier alpha value is -4.43. The van der Waals surface area contributed by atoms with Gasteiger partial charge in [-0.05, 0) is 38.0 Å². The van der Waals surface area contributed by atoms with Gasteiger partial charge >= 0.3 is 12.3 Å². The number of pyridine rings is 1. The highest BCUT2D eigenvalue weighted by Gasteiger charge is 2.33. The average Bonchev–Trinajstić information content (AvgIpc) is 3.28. The largest absolute Gasteiger partial charge is 0.465 e. The third-order valence-corrected chi connectivity index (χ3v) is 6.35. The number of hydrogen-bond donors (Lipinski definition) is 3. The van der Waals surface area contributed by atoms with Crippen LogP contribution in [0.3, 0.4) is 0 Å². The number of non-ortho nitro benzene ring substituents is 1. The summed E-state index contributed by atoms with van der Waals surface area (Å²) < 4.78 is 41.5. The second kappa shape index (κ2) is 9.79. The monoisotopic (exact) mass is 535 g/mol. The highest BCUT2D eigenvalue weighted by atomic mass is 19.4. The predicted octanol–water partition coefficient (Wildman–Crippen LogP) is 3.58. The zero-order chi connectivity index (χ0) is 27.9. The van der Waals surface area contributed by atoms with E-state index in [4.69, 9.17) is 5.11 Å². The van der Waals surface area contributed by atoms with Crippen LogP contribution in [0, 0.1) is 17.0 Å². The summed E-state index contributed by atoms with van der Waals surface area (Å²) in [7, 11) is 1.52. The lowest BCUT2D eigenvalue weighted by Crippen LogP contribution is -2.37. The lowest BCUT2D eigenvalue weighted by atomic mass is 10.0. The van der Waals surface area contributed by atoms with Crippen molar-refractivity contribution in [3.63, 3.8) is 0 Å². The van der Waals surface area contributed by atoms with Crippen molar-refractivity contribution < 1.29 is 28.0 Å². The summed E-state index contributed by atoms with van der Waals surface area (Å²) >= 11 is 0. The van der Waals surface area contributed by atoms with E-state index in [1.807, 2.05) is 0 Å². The number of nitrogens with one attached hydrogen (secondary N) is 2. The lowest BCUT2D eigenvalue weighted by Gasteiger charge is -2.22. The molecule has 1 saturated heterocycles. The first-order chi connectivity index (χ1) is 17.7. The van der Waals surface area contributed by atoms with Gasteiger partial charge in [-0.1, -0.05) is 0 Å². The molecular formula is C23H24F3N7O5. The number of nitro groups is 1. The Labute approximate surface area is 213 Å². The number of benzene rings is 1. The number of alkyl halides is 3. The summed E-state index contributed by atoms with van der Waals surface area (Å²) in [4.78, 5) is 45.0. The Morgan fingerprint density at radius 1 is 1.26 bits per heavy atom. The van der Waals surface area contributed by atoms with E-state index in [-0.39, 0.29) is 46.7 Å². The maximum absolute atomic E-state index is 13.4. The van der Waals surface area contributed by atoms with Gasteiger partial charge in [0.25, 0.3) is 11.2 Å². The summed E-state index contributed by atoms with van der Waals surface area (Å²) in [6.07, 6.45) is -5.45. The SMILES string of the molecule is Cc1nc(N[C@H](C)c2cc([N+](=O)[O-])cc(C(F)(F)F)c2)c2cc(N3CC[C@@H](NC(=O)O)C3)c(=O)n(C)c2n1. The molecule has 0 saturated carbocycles. The van der Waals surface area contributed by atoms with Crippen molar-refractivity contribution in [3.8, 4) is 0 Å². The molecule has 2 atom stereocenters. The van der Waals surface area contributed by atoms with Gasteiger partial charge < -0.3 is 20.6 Å². The average molecular weight is 535 g/mol. The quantitative estimate of drug-likeness (QED) is 0.317. The number of carbonyl (C=O) groups is 1. The number of fused-ring (bicyclic) bond motifs is 1. The molecule has 1 fully saturated rings. The molecule has 15 heteroatoms. The van der Waals surface area contributed by atoms with E-state index < -0.39 is 34.5 Å². The molecule has 0 unspecified atom stereocenters. The Morgan fingerprint density at radius 3 is 2.61 bits per heavy atom. The number of nitro benzene ring substituents is 1. The number of hydrogen-bond acceptors (Lipinski definition) is 8. The molecule has 12 nitrogen and oxygen atoms in total. The van der Waals surface area contributed by atoms with Gasteiger partial charge in [0.15, 0.2) is 0 Å². The first-order valence-corrected chi connectivity index (χ1v) is 11.5. The first kappa shape index (κ1) is 26.6. The van der Waals surface area contributed by atoms with Crippen LogP contribution in [0.1, 0.15) is 36.3 Å². The first-order valence-electron chi connectivity index (χ1n) is 11.5. The summed E-state index contributed by atoms with van der Waals surface area (Å²) in [6, 6.07) is 2.72. The van der Waals surface area contributed by atoms with Crippen LogP contribution in [0.5, 0.6) is 0 Å². The van der Waals surface area contributed by atoms with Gasteiger partial charge in [0.1, 0.15) is 23.0 Å². The molecule has 0 spiro atoms. The molecule has 1 aromatic carbocycles. The Bertz CT molecular complexity index is 1490. The Kier molecular flexibility index (Phi) is 6.86. The molecule has 1 aliphatic rings. The van der Waals surface area contributed by atoms with Crippen molar-refractivity contribution in [3.05, 3.63) is 61.7 Å². The van der Waals surface area contributed by atoms with Crippen LogP contribution in [0.2, 0.25) is 0 Å². The van der Waals surface area contributed by atoms with E-state index in [1.165, 1.54) is 18.5 Å². The third kappa shape index (κ3) is 5.31. The van der Waals surface area contributed by atoms with E-state index in [2.05, 4.69) is 20.6 Å². The molecule has 1 aliphatic heterocycles. The van der Waals surface area contributed by atoms with Crippen molar-refractivity contribution in [1.29, 1.82) is 0 Å². The van der Waals surface area contributed by atoms with Gasteiger partial charge in [-0.25, -0.2) is 14.8 Å². The van der Waals surface area contributed by atoms with Gasteiger partial charge in [0, 0.05) is 32.3 Å². The van der Waals surface area contributed by atoms with E-state index in [9.17, 15) is 32.9 Å². The number of anilines is 2. The molecule has 0 radical (unpaired) electrons. The van der Waals surface area contributed by atoms with E-state index in [0.29, 0.717) is 24.4 Å². The minimum absolute atomic E-state index is 0.0168. The zero-order valence-electron chi connectivity index (χ0n) is 20.5. The highest BCUT2D eigenvalue weighted by molar-refractivity contribution is 5.89. The van der Waals surface area contributed by atoms with Crippen LogP contribution in [-0.2, 0) is 13.2 Å². The summed E-state index contributed by atoms with van der Waals surface area (Å²) in [5.74, 6) is 0.508. The van der Waals surface area contributed by atoms with Gasteiger partial charge in [0.2, 0.25) is 0 Å². The fourth-order valence-electron chi connectivity index (χ4n) is 4.47. The van der Waals surface area contributed by atoms with Crippen LogP contribution in [0.4, 0.5) is 35.2 Å². The molecule has 3 N–H and O–H groups in total. The molecule has 1 amide bonds. The molecule has 3 aromatic rings. The third-order valence-electron chi connectivity index (χ3n) is 6.35. The van der Waals surface area contributed by atoms with Crippen LogP contribution >= 0.6 is 0 Å². The van der Waals surface area contributed by atoms with Gasteiger partial charge in [-0.15, -0.1) is 0 Å². The van der Waals surface area contributed by atoms with Gasteiger partial charge in [-0.2, -0.15) is 13.2 Å². The van der Waals surface area contributed by atoms with Crippen molar-refractivity contribution >= 4 is 34.3 Å². The molecule has 0 aliphatic carbocycles. The number of aromatic nitrogens is 3. The second-order valence-corrected chi connectivity index (χ2v) is 9.07. The van der Waals surface area contributed by atoms with Gasteiger partial charge in [-0.3, -0.25) is 19.5 Å². The summed E-state index contributed by atoms with van der Waals surface area (Å²) in [5.41, 5.74) is -1.64. The number of nitrogens with zero attached hydrogens (tertiary/aromatic N) is 5. The van der Waals surface area contributed by atoms with Crippen LogP contribution in [0.25, 0.3) is 11.0 Å². The van der Waals surface area contributed by atoms with Gasteiger partial charge in [0.05, 0.1) is 28.0 Å². The highest BCUT2D eigenvalue weighted by Crippen LogP contribution is 2.35. The minimum atomic E-state index is -4.78. The fraction of sp³-hybridized carbons (Fsp3) is 0.391. The summed E-state index contributed by atoms with van der Waals surface area (Å²) in [5, 5.41) is 26.1. The molecular weight excluding hydrogens is 511 g/mol. The number of amides is 1. The fourth-order valence-corrected chi connectivity index (χ4v) is 4.47. The van der Waals surface area contributed by atoms with E-state index >= 15 is 0 Å². The zero-order valence-corrected chi connectivity index (χ0v) is 20.5. The van der Waals surface area contributed by atoms with Crippen molar-refractivity contribution in [2.45, 2.75) is 38.5 Å². The number of aryl methyl sites for hydroxylation is 2. The number of rotatable bonds is 6. The van der Waals surface area contributed by atoms with Crippen LogP contribution in [-0.4, -0.2) is 49.8 Å². The maximum Gasteiger partial charge on any atom is 0.416 e. The predicted molar refractivity (Wildman–Crippen MR) is 131 cm³/mol. The minimum Gasteiger partial charge on any atom is -0.465 e. The normalized spacial score (nSPS) is 16.5. The van der Waals surface area contributed by atoms with E-state index in [0.717, 1.165) is 12.1 Å².